The number of hydrogen-bond acceptors (Lipinski definition) is 4. The van der Waals surface area contributed by atoms with Crippen LogP contribution in [-0.2, 0) is 11.3 Å². The number of aromatic nitrogens is 3. The predicted molar refractivity (Wildman–Crippen MR) is 71.3 cm³/mol. The van der Waals surface area contributed by atoms with Crippen molar-refractivity contribution in [1.29, 1.82) is 0 Å². The number of amides is 1. The molecule has 0 radical (unpaired) electrons. The summed E-state index contributed by atoms with van der Waals surface area (Å²) < 4.78 is 2.56. The molecule has 1 saturated heterocycles. The van der Waals surface area contributed by atoms with Crippen molar-refractivity contribution in [1.82, 2.24) is 19.1 Å². The largest absolute Gasteiger partial charge is 0.391 e. The fraction of sp³-hybridized carbons (Fsp3) is 0.462. The number of hydrogen-bond donors (Lipinski definition) is 1. The van der Waals surface area contributed by atoms with Gasteiger partial charge in [-0.2, -0.15) is 0 Å². The summed E-state index contributed by atoms with van der Waals surface area (Å²) in [7, 11) is 0. The van der Waals surface area contributed by atoms with Gasteiger partial charge in [-0.05, 0) is 25.5 Å². The van der Waals surface area contributed by atoms with Crippen LogP contribution in [0.2, 0.25) is 0 Å². The summed E-state index contributed by atoms with van der Waals surface area (Å²) in [5, 5.41) is 13.7. The van der Waals surface area contributed by atoms with Crippen LogP contribution in [0.4, 0.5) is 0 Å². The summed E-state index contributed by atoms with van der Waals surface area (Å²) in [6, 6.07) is 5.09. The fourth-order valence-corrected chi connectivity index (χ4v) is 2.51. The van der Waals surface area contributed by atoms with Gasteiger partial charge in [0.15, 0.2) is 5.65 Å². The Morgan fingerprint density at radius 1 is 1.55 bits per heavy atom. The molecule has 1 aliphatic rings. The topological polar surface area (TPSA) is 79.8 Å². The van der Waals surface area contributed by atoms with Crippen molar-refractivity contribution in [3.8, 4) is 0 Å². The lowest BCUT2D eigenvalue weighted by atomic mass is 9.98. The van der Waals surface area contributed by atoms with Crippen molar-refractivity contribution in [3.05, 3.63) is 34.9 Å². The Morgan fingerprint density at radius 2 is 2.35 bits per heavy atom. The van der Waals surface area contributed by atoms with Gasteiger partial charge in [-0.25, -0.2) is 9.48 Å². The quantitative estimate of drug-likeness (QED) is 0.818. The number of likely N-dealkylation sites (tertiary alicyclic amines) is 1. The van der Waals surface area contributed by atoms with Gasteiger partial charge >= 0.3 is 5.69 Å². The highest BCUT2D eigenvalue weighted by atomic mass is 16.3. The Morgan fingerprint density at radius 3 is 2.95 bits per heavy atom. The highest BCUT2D eigenvalue weighted by molar-refractivity contribution is 5.77. The van der Waals surface area contributed by atoms with E-state index in [-0.39, 0.29) is 24.2 Å². The molecule has 20 heavy (non-hydrogen) atoms. The van der Waals surface area contributed by atoms with E-state index in [0.717, 1.165) is 11.1 Å². The molecule has 0 aromatic carbocycles. The Bertz CT molecular complexity index is 703. The number of fused-ring (bicyclic) bond motifs is 1. The Labute approximate surface area is 115 Å². The maximum Gasteiger partial charge on any atom is 0.350 e. The van der Waals surface area contributed by atoms with Gasteiger partial charge in [-0.3, -0.25) is 9.20 Å². The third kappa shape index (κ3) is 2.00. The monoisotopic (exact) mass is 276 g/mol. The number of nitrogens with zero attached hydrogens (tertiary/aromatic N) is 4. The fourth-order valence-electron chi connectivity index (χ4n) is 2.51. The second-order valence-electron chi connectivity index (χ2n) is 5.05. The molecule has 1 fully saturated rings. The molecule has 0 aliphatic carbocycles. The second-order valence-corrected chi connectivity index (χ2v) is 5.05. The molecule has 2 unspecified atom stereocenters. The zero-order valence-corrected chi connectivity index (χ0v) is 11.1. The lowest BCUT2D eigenvalue weighted by Gasteiger charge is -2.42. The van der Waals surface area contributed by atoms with E-state index < -0.39 is 6.10 Å². The van der Waals surface area contributed by atoms with Crippen molar-refractivity contribution >= 4 is 11.6 Å². The lowest BCUT2D eigenvalue weighted by molar-refractivity contribution is -0.144. The van der Waals surface area contributed by atoms with Crippen LogP contribution in [0.25, 0.3) is 5.65 Å². The van der Waals surface area contributed by atoms with Crippen LogP contribution in [-0.4, -0.2) is 48.8 Å². The van der Waals surface area contributed by atoms with E-state index in [0.29, 0.717) is 12.2 Å². The third-order valence-corrected chi connectivity index (χ3v) is 3.72. The number of rotatable bonds is 3. The van der Waals surface area contributed by atoms with Gasteiger partial charge in [0.2, 0.25) is 5.91 Å². The molecule has 1 amide bonds. The van der Waals surface area contributed by atoms with E-state index in [4.69, 9.17) is 0 Å². The van der Waals surface area contributed by atoms with Gasteiger partial charge in [0, 0.05) is 12.7 Å². The summed E-state index contributed by atoms with van der Waals surface area (Å²) in [5.41, 5.74) is 0.184. The molecule has 0 saturated carbocycles. The molecule has 2 aromatic rings. The molecule has 0 spiro atoms. The first-order valence-corrected chi connectivity index (χ1v) is 6.59. The van der Waals surface area contributed by atoms with Gasteiger partial charge in [-0.15, -0.1) is 5.10 Å². The molecule has 7 heteroatoms. The minimum absolute atomic E-state index is 0.0935. The van der Waals surface area contributed by atoms with Gasteiger partial charge in [-0.1, -0.05) is 6.07 Å². The Kier molecular flexibility index (Phi) is 3.06. The normalized spacial score (nSPS) is 19.9. The number of carbonyl (C=O) groups is 1. The van der Waals surface area contributed by atoms with Gasteiger partial charge < -0.3 is 10.0 Å². The summed E-state index contributed by atoms with van der Waals surface area (Å²) in [6.45, 7) is 2.20. The highest BCUT2D eigenvalue weighted by Gasteiger charge is 2.35. The Balaban J connectivity index is 1.81. The SMILES string of the molecule is CC(O)C1CCN1C(=O)Cn1nc2ccccn2c1=O. The molecular formula is C13H16N4O3. The molecule has 1 aliphatic heterocycles. The Hall–Kier alpha value is -2.15. The van der Waals surface area contributed by atoms with Crippen molar-refractivity contribution in [2.24, 2.45) is 0 Å². The molecule has 0 bridgehead atoms. The first-order valence-electron chi connectivity index (χ1n) is 6.59. The third-order valence-electron chi connectivity index (χ3n) is 3.72. The van der Waals surface area contributed by atoms with E-state index in [9.17, 15) is 14.7 Å². The van der Waals surface area contributed by atoms with Crippen LogP contribution in [0.15, 0.2) is 29.2 Å². The highest BCUT2D eigenvalue weighted by Crippen LogP contribution is 2.20. The molecule has 3 rings (SSSR count). The summed E-state index contributed by atoms with van der Waals surface area (Å²) in [6.07, 6.45) is 1.86. The zero-order valence-electron chi connectivity index (χ0n) is 11.1. The number of pyridine rings is 1. The number of aliphatic hydroxyl groups is 1. The molecule has 3 heterocycles. The maximum absolute atomic E-state index is 12.1. The maximum atomic E-state index is 12.1. The minimum Gasteiger partial charge on any atom is -0.391 e. The summed E-state index contributed by atoms with van der Waals surface area (Å²) >= 11 is 0. The molecule has 2 aromatic heterocycles. The van der Waals surface area contributed by atoms with Gasteiger partial charge in [0.05, 0.1) is 12.1 Å². The minimum atomic E-state index is -0.550. The average Bonchev–Trinajstić information content (AvgIpc) is 2.65. The van der Waals surface area contributed by atoms with Crippen LogP contribution >= 0.6 is 0 Å². The number of carbonyl (C=O) groups excluding carboxylic acids is 1. The summed E-state index contributed by atoms with van der Waals surface area (Å²) in [4.78, 5) is 25.8. The van der Waals surface area contributed by atoms with Crippen molar-refractivity contribution in [2.75, 3.05) is 6.54 Å². The summed E-state index contributed by atoms with van der Waals surface area (Å²) in [5.74, 6) is -0.187. The van der Waals surface area contributed by atoms with Crippen LogP contribution in [0.3, 0.4) is 0 Å². The first-order chi connectivity index (χ1) is 9.58. The van der Waals surface area contributed by atoms with E-state index in [1.807, 2.05) is 0 Å². The van der Waals surface area contributed by atoms with E-state index in [2.05, 4.69) is 5.10 Å². The van der Waals surface area contributed by atoms with E-state index in [1.165, 1.54) is 4.40 Å². The van der Waals surface area contributed by atoms with Gasteiger partial charge in [0.1, 0.15) is 6.54 Å². The smallest absolute Gasteiger partial charge is 0.350 e. The van der Waals surface area contributed by atoms with Gasteiger partial charge in [0.25, 0.3) is 0 Å². The van der Waals surface area contributed by atoms with Crippen molar-refractivity contribution < 1.29 is 9.90 Å². The van der Waals surface area contributed by atoms with Crippen molar-refractivity contribution in [2.45, 2.75) is 32.0 Å². The van der Waals surface area contributed by atoms with Crippen LogP contribution in [0, 0.1) is 0 Å². The molecule has 7 nitrogen and oxygen atoms in total. The predicted octanol–water partition coefficient (Wildman–Crippen LogP) is -0.522. The van der Waals surface area contributed by atoms with E-state index in [1.54, 1.807) is 36.2 Å². The molecule has 1 N–H and O–H groups in total. The zero-order chi connectivity index (χ0) is 14.3. The van der Waals surface area contributed by atoms with Crippen LogP contribution < -0.4 is 5.69 Å². The molecule has 106 valence electrons. The van der Waals surface area contributed by atoms with Crippen LogP contribution in [0.5, 0.6) is 0 Å². The average molecular weight is 276 g/mol. The first kappa shape index (κ1) is 12.9. The molecule has 2 atom stereocenters. The standard InChI is InChI=1S/C13H16N4O3/c1-9(18)10-5-7-15(10)12(19)8-17-13(20)16-6-3-2-4-11(16)14-17/h2-4,6,9-10,18H,5,7-8H2,1H3. The second kappa shape index (κ2) is 4.75. The molecular weight excluding hydrogens is 260 g/mol. The van der Waals surface area contributed by atoms with Crippen molar-refractivity contribution in [3.63, 3.8) is 0 Å². The van der Waals surface area contributed by atoms with E-state index >= 15 is 0 Å². The lowest BCUT2D eigenvalue weighted by Crippen LogP contribution is -2.57. The number of aliphatic hydroxyl groups excluding tert-OH is 1. The van der Waals surface area contributed by atoms with Crippen LogP contribution in [0.1, 0.15) is 13.3 Å².